The van der Waals surface area contributed by atoms with Crippen molar-refractivity contribution in [3.8, 4) is 0 Å². The molecule has 1 amide bonds. The zero-order valence-corrected chi connectivity index (χ0v) is 15.9. The maximum absolute atomic E-state index is 12.3. The largest absolute Gasteiger partial charge is 0.463 e. The number of halogens is 1. The van der Waals surface area contributed by atoms with Gasteiger partial charge in [0.25, 0.3) is 5.91 Å². The lowest BCUT2D eigenvalue weighted by atomic mass is 10.2. The van der Waals surface area contributed by atoms with Gasteiger partial charge in [-0.1, -0.05) is 35.5 Å². The first kappa shape index (κ1) is 18.6. The van der Waals surface area contributed by atoms with Gasteiger partial charge in [0, 0.05) is 14.8 Å². The summed E-state index contributed by atoms with van der Waals surface area (Å²) in [7, 11) is 0. The average Bonchev–Trinajstić information content (AvgIpc) is 3.18. The molecule has 3 N–H and O–H groups in total. The topological polar surface area (TPSA) is 58.9 Å². The normalized spacial score (nSPS) is 11.9. The van der Waals surface area contributed by atoms with Gasteiger partial charge in [-0.2, -0.15) is 0 Å². The third-order valence-electron chi connectivity index (χ3n) is 3.85. The molecule has 0 aliphatic heterocycles. The minimum atomic E-state index is -0.0486. The summed E-state index contributed by atoms with van der Waals surface area (Å²) < 4.78 is 5.36. The molecule has 0 radical (unpaired) electrons. The predicted molar refractivity (Wildman–Crippen MR) is 105 cm³/mol. The maximum Gasteiger partial charge on any atom is 0.279 e. The zero-order valence-electron chi connectivity index (χ0n) is 14.3. The van der Waals surface area contributed by atoms with E-state index in [4.69, 9.17) is 16.0 Å². The number of carbonyl (C=O) groups excluding carboxylic acids is 1. The minimum absolute atomic E-state index is 0.0486. The number of furan rings is 1. The molecule has 0 unspecified atom stereocenters. The third-order valence-corrected chi connectivity index (χ3v) is 5.19. The van der Waals surface area contributed by atoms with E-state index in [1.165, 1.54) is 0 Å². The smallest absolute Gasteiger partial charge is 0.279 e. The Morgan fingerprint density at radius 3 is 2.65 bits per heavy atom. The molecule has 1 aromatic heterocycles. The number of quaternary nitrogens is 1. The van der Waals surface area contributed by atoms with Crippen molar-refractivity contribution in [1.82, 2.24) is 0 Å². The summed E-state index contributed by atoms with van der Waals surface area (Å²) in [5.74, 6) is 0.809. The lowest BCUT2D eigenvalue weighted by Gasteiger charge is -2.12. The lowest BCUT2D eigenvalue weighted by Crippen LogP contribution is -2.86. The van der Waals surface area contributed by atoms with Crippen LogP contribution in [0, 0.1) is 0 Å². The molecule has 134 valence electrons. The highest BCUT2D eigenvalue weighted by atomic mass is 35.5. The second kappa shape index (κ2) is 8.94. The van der Waals surface area contributed by atoms with E-state index in [1.54, 1.807) is 18.0 Å². The molecular weight excluding hydrogens is 368 g/mol. The van der Waals surface area contributed by atoms with E-state index in [0.717, 1.165) is 21.2 Å². The van der Waals surface area contributed by atoms with Crippen LogP contribution in [0.2, 0.25) is 5.02 Å². The molecule has 0 fully saturated rings. The van der Waals surface area contributed by atoms with Gasteiger partial charge in [0.15, 0.2) is 12.3 Å². The van der Waals surface area contributed by atoms with Crippen LogP contribution in [0.3, 0.4) is 0 Å². The van der Waals surface area contributed by atoms with Gasteiger partial charge in [-0.15, -0.1) is 0 Å². The van der Waals surface area contributed by atoms with E-state index in [1.807, 2.05) is 72.9 Å². The number of amides is 1. The Kier molecular flexibility index (Phi) is 6.39. The summed E-state index contributed by atoms with van der Waals surface area (Å²) >= 11 is 7.52. The highest BCUT2D eigenvalue weighted by molar-refractivity contribution is 7.99. The Balaban J connectivity index is 1.60. The van der Waals surface area contributed by atoms with E-state index >= 15 is 0 Å². The van der Waals surface area contributed by atoms with Gasteiger partial charge in [-0.3, -0.25) is 4.79 Å². The summed E-state index contributed by atoms with van der Waals surface area (Å²) in [5, 5.41) is 5.65. The quantitative estimate of drug-likeness (QED) is 0.633. The molecule has 6 heteroatoms. The van der Waals surface area contributed by atoms with E-state index in [2.05, 4.69) is 5.32 Å². The van der Waals surface area contributed by atoms with Crippen LogP contribution in [-0.2, 0) is 4.79 Å². The Labute approximate surface area is 161 Å². The molecule has 0 aliphatic rings. The summed E-state index contributed by atoms with van der Waals surface area (Å²) in [4.78, 5) is 14.4. The molecule has 1 heterocycles. The van der Waals surface area contributed by atoms with Gasteiger partial charge in [0.2, 0.25) is 0 Å². The Morgan fingerprint density at radius 1 is 1.15 bits per heavy atom. The number of hydrogen-bond acceptors (Lipinski definition) is 3. The van der Waals surface area contributed by atoms with Crippen molar-refractivity contribution in [2.24, 2.45) is 0 Å². The van der Waals surface area contributed by atoms with E-state index < -0.39 is 0 Å². The molecule has 1 atom stereocenters. The average molecular weight is 388 g/mol. The molecule has 0 saturated heterocycles. The Bertz CT molecular complexity index is 851. The van der Waals surface area contributed by atoms with E-state index in [-0.39, 0.29) is 11.9 Å². The van der Waals surface area contributed by atoms with Crippen molar-refractivity contribution >= 4 is 35.0 Å². The molecule has 26 heavy (non-hydrogen) atoms. The number of para-hydroxylation sites is 1. The molecule has 0 saturated carbocycles. The van der Waals surface area contributed by atoms with Gasteiger partial charge in [0.1, 0.15) is 6.04 Å². The third kappa shape index (κ3) is 5.14. The molecule has 2 aromatic carbocycles. The van der Waals surface area contributed by atoms with Crippen LogP contribution < -0.4 is 10.6 Å². The van der Waals surface area contributed by atoms with E-state index in [9.17, 15) is 4.79 Å². The van der Waals surface area contributed by atoms with Gasteiger partial charge in [-0.25, -0.2) is 0 Å². The fourth-order valence-electron chi connectivity index (χ4n) is 2.44. The monoisotopic (exact) mass is 387 g/mol. The first-order valence-corrected chi connectivity index (χ1v) is 9.50. The highest BCUT2D eigenvalue weighted by Gasteiger charge is 2.14. The van der Waals surface area contributed by atoms with Crippen molar-refractivity contribution in [2.45, 2.75) is 22.8 Å². The van der Waals surface area contributed by atoms with E-state index in [0.29, 0.717) is 11.6 Å². The Morgan fingerprint density at radius 2 is 1.92 bits per heavy atom. The summed E-state index contributed by atoms with van der Waals surface area (Å²) in [6.45, 7) is 2.33. The van der Waals surface area contributed by atoms with Crippen LogP contribution >= 0.6 is 23.4 Å². The SMILES string of the molecule is C[C@@H]([NH2+]CC(=O)Nc1ccccc1Sc1ccc(Cl)cc1)c1ccco1. The second-order valence-corrected chi connectivity index (χ2v) is 7.40. The van der Waals surface area contributed by atoms with Crippen LogP contribution in [0.4, 0.5) is 5.69 Å². The van der Waals surface area contributed by atoms with Crippen LogP contribution in [0.15, 0.2) is 81.1 Å². The van der Waals surface area contributed by atoms with Gasteiger partial charge in [-0.05, 0) is 55.5 Å². The first-order chi connectivity index (χ1) is 12.6. The van der Waals surface area contributed by atoms with Crippen LogP contribution in [0.1, 0.15) is 18.7 Å². The molecule has 0 spiro atoms. The highest BCUT2D eigenvalue weighted by Crippen LogP contribution is 2.33. The summed E-state index contributed by atoms with van der Waals surface area (Å²) in [5.41, 5.74) is 0.802. The maximum atomic E-state index is 12.3. The molecule has 0 aliphatic carbocycles. The number of benzene rings is 2. The zero-order chi connectivity index (χ0) is 18.4. The summed E-state index contributed by atoms with van der Waals surface area (Å²) in [6, 6.07) is 19.3. The predicted octanol–water partition coefficient (Wildman–Crippen LogP) is 4.35. The molecule has 3 aromatic rings. The minimum Gasteiger partial charge on any atom is -0.463 e. The van der Waals surface area contributed by atoms with Crippen molar-refractivity contribution < 1.29 is 14.5 Å². The molecule has 3 rings (SSSR count). The van der Waals surface area contributed by atoms with Gasteiger partial charge in [0.05, 0.1) is 12.0 Å². The summed E-state index contributed by atoms with van der Waals surface area (Å²) in [6.07, 6.45) is 1.64. The molecular formula is C20H20ClN2O2S+. The van der Waals surface area contributed by atoms with Gasteiger partial charge >= 0.3 is 0 Å². The van der Waals surface area contributed by atoms with Crippen LogP contribution in [0.5, 0.6) is 0 Å². The van der Waals surface area contributed by atoms with Gasteiger partial charge < -0.3 is 15.1 Å². The van der Waals surface area contributed by atoms with Crippen molar-refractivity contribution in [2.75, 3.05) is 11.9 Å². The fourth-order valence-corrected chi connectivity index (χ4v) is 3.47. The van der Waals surface area contributed by atoms with Crippen molar-refractivity contribution in [3.05, 3.63) is 77.7 Å². The van der Waals surface area contributed by atoms with Crippen molar-refractivity contribution in [3.63, 3.8) is 0 Å². The van der Waals surface area contributed by atoms with Crippen LogP contribution in [0.25, 0.3) is 0 Å². The molecule has 4 nitrogen and oxygen atoms in total. The number of hydrogen-bond donors (Lipinski definition) is 2. The number of carbonyl (C=O) groups is 1. The second-order valence-electron chi connectivity index (χ2n) is 5.84. The number of anilines is 1. The fraction of sp³-hybridized carbons (Fsp3) is 0.150. The first-order valence-electron chi connectivity index (χ1n) is 8.31. The standard InChI is InChI=1S/C20H19ClN2O2S/c1-14(18-6-4-12-25-18)22-13-20(24)23-17-5-2-3-7-19(17)26-16-10-8-15(21)9-11-16/h2-12,14,22H,13H2,1H3,(H,23,24)/p+1/t14-/m1/s1. The number of rotatable bonds is 7. The molecule has 0 bridgehead atoms. The Hall–Kier alpha value is -2.21. The van der Waals surface area contributed by atoms with Crippen LogP contribution in [-0.4, -0.2) is 12.5 Å². The lowest BCUT2D eigenvalue weighted by molar-refractivity contribution is -0.684. The number of nitrogens with one attached hydrogen (secondary N) is 1. The van der Waals surface area contributed by atoms with Crippen molar-refractivity contribution in [1.29, 1.82) is 0 Å². The number of nitrogens with two attached hydrogens (primary N) is 1.